The van der Waals surface area contributed by atoms with Gasteiger partial charge in [-0.1, -0.05) is 41.6 Å². The summed E-state index contributed by atoms with van der Waals surface area (Å²) in [5.41, 5.74) is 2.18. The molecular formula is C24H19ClN4O2S. The number of carbonyl (C=O) groups is 1. The number of halogens is 1. The number of aliphatic imine (C=N–C) groups is 1. The van der Waals surface area contributed by atoms with Crippen LogP contribution in [0.4, 0.5) is 0 Å². The molecule has 6 nitrogen and oxygen atoms in total. The van der Waals surface area contributed by atoms with E-state index < -0.39 is 0 Å². The van der Waals surface area contributed by atoms with E-state index in [2.05, 4.69) is 9.56 Å². The molecule has 0 saturated carbocycles. The molecule has 2 aliphatic rings. The third-order valence-corrected chi connectivity index (χ3v) is 6.38. The van der Waals surface area contributed by atoms with Crippen LogP contribution in [-0.4, -0.2) is 33.0 Å². The molecule has 5 rings (SSSR count). The van der Waals surface area contributed by atoms with Crippen molar-refractivity contribution in [2.24, 2.45) is 4.99 Å². The summed E-state index contributed by atoms with van der Waals surface area (Å²) in [6.07, 6.45) is 5.59. The normalized spacial score (nSPS) is 17.1. The Morgan fingerprint density at radius 2 is 1.97 bits per heavy atom. The summed E-state index contributed by atoms with van der Waals surface area (Å²) >= 11 is 7.33. The van der Waals surface area contributed by atoms with Crippen LogP contribution in [0.3, 0.4) is 0 Å². The predicted molar refractivity (Wildman–Crippen MR) is 130 cm³/mol. The molecule has 1 amide bonds. The maximum atomic E-state index is 12.7. The lowest BCUT2D eigenvalue weighted by Crippen LogP contribution is -2.35. The van der Waals surface area contributed by atoms with Gasteiger partial charge in [0, 0.05) is 38.8 Å². The molecule has 0 atom stereocenters. The van der Waals surface area contributed by atoms with Gasteiger partial charge in [0.15, 0.2) is 5.17 Å². The van der Waals surface area contributed by atoms with Gasteiger partial charge in [-0.05, 0) is 43.3 Å². The summed E-state index contributed by atoms with van der Waals surface area (Å²) < 4.78 is 7.94. The third kappa shape index (κ3) is 3.85. The average molecular weight is 463 g/mol. The zero-order chi connectivity index (χ0) is 22.2. The number of ether oxygens (including phenoxy) is 1. The van der Waals surface area contributed by atoms with Gasteiger partial charge < -0.3 is 9.30 Å². The monoisotopic (exact) mass is 462 g/mol. The molecule has 2 aromatic carbocycles. The fourth-order valence-corrected chi connectivity index (χ4v) is 4.67. The Morgan fingerprint density at radius 3 is 2.78 bits per heavy atom. The molecule has 0 bridgehead atoms. The Morgan fingerprint density at radius 1 is 1.19 bits per heavy atom. The molecule has 3 aromatic rings. The third-order valence-electron chi connectivity index (χ3n) is 5.23. The Hall–Kier alpha value is -3.29. The highest BCUT2D eigenvalue weighted by molar-refractivity contribution is 8.17. The number of allylic oxidation sites excluding steroid dienone is 1. The number of nitrogens with zero attached hydrogens (tertiary/aromatic N) is 3. The molecule has 1 N–H and O–H groups in total. The highest BCUT2D eigenvalue weighted by Gasteiger charge is 2.33. The number of benzene rings is 2. The zero-order valence-electron chi connectivity index (χ0n) is 17.2. The first-order valence-electron chi connectivity index (χ1n) is 10.0. The number of para-hydroxylation sites is 1. The molecule has 32 heavy (non-hydrogen) atoms. The van der Waals surface area contributed by atoms with E-state index in [-0.39, 0.29) is 17.3 Å². The van der Waals surface area contributed by atoms with Gasteiger partial charge in [-0.2, -0.15) is 4.99 Å². The van der Waals surface area contributed by atoms with Gasteiger partial charge in [0.05, 0.1) is 12.1 Å². The number of aromatic nitrogens is 1. The molecule has 0 saturated heterocycles. The van der Waals surface area contributed by atoms with Gasteiger partial charge in [0.1, 0.15) is 18.2 Å². The Labute approximate surface area is 194 Å². The SMILES string of the molecule is CC1=CN2C(=N)/C(=C/c3cn(CCOc4ccc(Cl)cc4)c4ccccc34)C(=O)N=C2S1. The number of fused-ring (bicyclic) bond motifs is 2. The summed E-state index contributed by atoms with van der Waals surface area (Å²) in [7, 11) is 0. The number of amides is 1. The second kappa shape index (κ2) is 8.33. The van der Waals surface area contributed by atoms with E-state index in [1.807, 2.05) is 55.7 Å². The van der Waals surface area contributed by atoms with E-state index >= 15 is 0 Å². The predicted octanol–water partition coefficient (Wildman–Crippen LogP) is 5.54. The van der Waals surface area contributed by atoms with Crippen molar-refractivity contribution >= 4 is 57.3 Å². The fraction of sp³-hybridized carbons (Fsp3) is 0.125. The summed E-state index contributed by atoms with van der Waals surface area (Å²) in [6, 6.07) is 15.3. The first-order chi connectivity index (χ1) is 15.5. The standard InChI is InChI=1S/C24H19ClN4O2S/c1-15-13-29-22(26)20(23(30)27-24(29)32-15)12-16-14-28(21-5-3-2-4-19(16)21)10-11-31-18-8-6-17(25)7-9-18/h2-9,12-14,26H,10-11H2,1H3/b20-12-,26-22?. The van der Waals surface area contributed by atoms with Gasteiger partial charge in [0.25, 0.3) is 5.91 Å². The van der Waals surface area contributed by atoms with E-state index in [0.717, 1.165) is 27.1 Å². The van der Waals surface area contributed by atoms with Crippen LogP contribution in [0.5, 0.6) is 5.75 Å². The Kier molecular flexibility index (Phi) is 5.36. The number of nitrogens with one attached hydrogen (secondary N) is 1. The average Bonchev–Trinajstić information content (AvgIpc) is 3.33. The van der Waals surface area contributed by atoms with Crippen LogP contribution in [0.2, 0.25) is 5.02 Å². The van der Waals surface area contributed by atoms with E-state index in [4.69, 9.17) is 21.7 Å². The molecule has 0 unspecified atom stereocenters. The molecule has 2 aliphatic heterocycles. The Balaban J connectivity index is 1.43. The van der Waals surface area contributed by atoms with Gasteiger partial charge in [-0.15, -0.1) is 0 Å². The highest BCUT2D eigenvalue weighted by atomic mass is 35.5. The molecule has 1 aromatic heterocycles. The van der Waals surface area contributed by atoms with Gasteiger partial charge >= 0.3 is 0 Å². The summed E-state index contributed by atoms with van der Waals surface area (Å²) in [6.45, 7) is 3.05. The van der Waals surface area contributed by atoms with Crippen LogP contribution in [0.1, 0.15) is 12.5 Å². The molecule has 0 fully saturated rings. The number of hydrogen-bond donors (Lipinski definition) is 1. The first kappa shape index (κ1) is 20.6. The number of amidine groups is 2. The minimum Gasteiger partial charge on any atom is -0.492 e. The van der Waals surface area contributed by atoms with Crippen molar-refractivity contribution in [3.63, 3.8) is 0 Å². The molecule has 3 heterocycles. The van der Waals surface area contributed by atoms with E-state index in [0.29, 0.717) is 23.3 Å². The zero-order valence-corrected chi connectivity index (χ0v) is 18.8. The summed E-state index contributed by atoms with van der Waals surface area (Å²) in [4.78, 5) is 19.5. The van der Waals surface area contributed by atoms with Crippen LogP contribution in [0.25, 0.3) is 17.0 Å². The van der Waals surface area contributed by atoms with Crippen LogP contribution >= 0.6 is 23.4 Å². The molecule has 0 spiro atoms. The van der Waals surface area contributed by atoms with E-state index in [1.165, 1.54) is 11.8 Å². The molecule has 0 radical (unpaired) electrons. The largest absolute Gasteiger partial charge is 0.492 e. The van der Waals surface area contributed by atoms with Crippen molar-refractivity contribution in [2.75, 3.05) is 6.61 Å². The quantitative estimate of drug-likeness (QED) is 0.505. The van der Waals surface area contributed by atoms with Crippen LogP contribution in [-0.2, 0) is 11.3 Å². The minimum atomic E-state index is -0.389. The summed E-state index contributed by atoms with van der Waals surface area (Å²) in [5.74, 6) is 0.516. The number of carbonyl (C=O) groups excluding carboxylic acids is 1. The van der Waals surface area contributed by atoms with Crippen molar-refractivity contribution in [3.05, 3.63) is 82.0 Å². The van der Waals surface area contributed by atoms with Gasteiger partial charge in [-0.3, -0.25) is 15.1 Å². The second-order valence-corrected chi connectivity index (χ2v) is 9.06. The van der Waals surface area contributed by atoms with Gasteiger partial charge in [0.2, 0.25) is 0 Å². The van der Waals surface area contributed by atoms with Crippen molar-refractivity contribution in [1.29, 1.82) is 5.41 Å². The maximum Gasteiger partial charge on any atom is 0.283 e. The molecule has 8 heteroatoms. The lowest BCUT2D eigenvalue weighted by Gasteiger charge is -2.22. The lowest BCUT2D eigenvalue weighted by atomic mass is 10.1. The van der Waals surface area contributed by atoms with Crippen molar-refractivity contribution in [3.8, 4) is 5.75 Å². The lowest BCUT2D eigenvalue weighted by molar-refractivity contribution is -0.114. The molecule has 160 valence electrons. The van der Waals surface area contributed by atoms with Gasteiger partial charge in [-0.25, -0.2) is 0 Å². The van der Waals surface area contributed by atoms with Crippen molar-refractivity contribution in [2.45, 2.75) is 13.5 Å². The van der Waals surface area contributed by atoms with Crippen LogP contribution in [0.15, 0.2) is 76.4 Å². The minimum absolute atomic E-state index is 0.146. The number of rotatable bonds is 5. The van der Waals surface area contributed by atoms with Crippen LogP contribution < -0.4 is 4.74 Å². The maximum absolute atomic E-state index is 12.7. The highest BCUT2D eigenvalue weighted by Crippen LogP contribution is 2.33. The van der Waals surface area contributed by atoms with E-state index in [9.17, 15) is 4.79 Å². The van der Waals surface area contributed by atoms with Crippen molar-refractivity contribution < 1.29 is 9.53 Å². The smallest absolute Gasteiger partial charge is 0.283 e. The van der Waals surface area contributed by atoms with E-state index in [1.54, 1.807) is 23.1 Å². The molecule has 0 aliphatic carbocycles. The fourth-order valence-electron chi connectivity index (χ4n) is 3.73. The number of hydrogen-bond acceptors (Lipinski definition) is 4. The molecular weight excluding hydrogens is 444 g/mol. The topological polar surface area (TPSA) is 70.7 Å². The first-order valence-corrected chi connectivity index (χ1v) is 11.2. The second-order valence-electron chi connectivity index (χ2n) is 7.42. The van der Waals surface area contributed by atoms with Crippen LogP contribution in [0, 0.1) is 5.41 Å². The Bertz CT molecular complexity index is 1340. The number of thioether (sulfide) groups is 1. The summed E-state index contributed by atoms with van der Waals surface area (Å²) in [5, 5.41) is 10.8. The van der Waals surface area contributed by atoms with Crippen molar-refractivity contribution in [1.82, 2.24) is 9.47 Å².